The number of anilines is 1. The van der Waals surface area contributed by atoms with Crippen LogP contribution in [-0.2, 0) is 11.0 Å². The lowest BCUT2D eigenvalue weighted by atomic mass is 10.2. The van der Waals surface area contributed by atoms with Gasteiger partial charge in [-0.2, -0.15) is 13.2 Å². The molecule has 1 aliphatic heterocycles. The maximum absolute atomic E-state index is 12.6. The lowest BCUT2D eigenvalue weighted by Crippen LogP contribution is -2.49. The van der Waals surface area contributed by atoms with Crippen LogP contribution in [0, 0.1) is 0 Å². The van der Waals surface area contributed by atoms with Gasteiger partial charge in [-0.25, -0.2) is 4.98 Å². The highest BCUT2D eigenvalue weighted by Crippen LogP contribution is 2.28. The highest BCUT2D eigenvalue weighted by molar-refractivity contribution is 6.32. The van der Waals surface area contributed by atoms with Gasteiger partial charge in [-0.05, 0) is 23.8 Å². The molecule has 1 aromatic heterocycles. The van der Waals surface area contributed by atoms with Crippen molar-refractivity contribution in [1.29, 1.82) is 0 Å². The number of nitrogens with one attached hydrogen (secondary N) is 1. The van der Waals surface area contributed by atoms with Gasteiger partial charge in [-0.1, -0.05) is 29.8 Å². The Morgan fingerprint density at radius 1 is 1.07 bits per heavy atom. The third-order valence-corrected chi connectivity index (χ3v) is 4.71. The summed E-state index contributed by atoms with van der Waals surface area (Å²) in [5, 5.41) is 0.573. The minimum Gasteiger partial charge on any atom is -0.331 e. The molecule has 0 bridgehead atoms. The molecular formula is C19H18ClF3N3O+. The normalized spacial score (nSPS) is 15.4. The average molecular weight is 397 g/mol. The number of hydrogen-bond donors (Lipinski definition) is 0. The number of rotatable bonds is 3. The lowest BCUT2D eigenvalue weighted by molar-refractivity contribution is -0.367. The summed E-state index contributed by atoms with van der Waals surface area (Å²) in [6.45, 7) is 2.04. The number of carbonyl (C=O) groups is 1. The summed E-state index contributed by atoms with van der Waals surface area (Å²) < 4.78 is 37.9. The zero-order valence-electron chi connectivity index (χ0n) is 14.3. The molecule has 0 unspecified atom stereocenters. The van der Waals surface area contributed by atoms with Gasteiger partial charge in [-0.3, -0.25) is 9.69 Å². The van der Waals surface area contributed by atoms with Crippen LogP contribution >= 0.6 is 11.6 Å². The van der Waals surface area contributed by atoms with Crippen molar-refractivity contribution < 1.29 is 22.9 Å². The molecule has 1 aliphatic rings. The molecule has 3 rings (SSSR count). The first-order chi connectivity index (χ1) is 12.8. The Balaban J connectivity index is 1.57. The third-order valence-electron chi connectivity index (χ3n) is 4.37. The predicted octanol–water partition coefficient (Wildman–Crippen LogP) is 3.53. The second kappa shape index (κ2) is 8.00. The van der Waals surface area contributed by atoms with E-state index in [2.05, 4.69) is 4.98 Å². The van der Waals surface area contributed by atoms with Gasteiger partial charge in [0.05, 0.1) is 18.7 Å². The molecule has 8 heteroatoms. The number of aromatic amines is 1. The van der Waals surface area contributed by atoms with Crippen molar-refractivity contribution in [2.45, 2.75) is 6.18 Å². The van der Waals surface area contributed by atoms with E-state index in [9.17, 15) is 18.0 Å². The molecule has 1 aromatic carbocycles. The minimum atomic E-state index is -4.37. The molecule has 1 fully saturated rings. The van der Waals surface area contributed by atoms with E-state index in [0.29, 0.717) is 37.0 Å². The SMILES string of the molecule is O=C(/C=C/c1ccccc1Cl)N1CCN(c2ccc(C(F)(F)F)c[nH+]2)CC1. The number of hydrogen-bond acceptors (Lipinski definition) is 2. The molecule has 0 spiro atoms. The number of piperazine rings is 1. The predicted molar refractivity (Wildman–Crippen MR) is 97.3 cm³/mol. The number of nitrogens with zero attached hydrogens (tertiary/aromatic N) is 2. The van der Waals surface area contributed by atoms with Crippen LogP contribution in [0.15, 0.2) is 48.7 Å². The van der Waals surface area contributed by atoms with Gasteiger partial charge in [0.25, 0.3) is 5.82 Å². The van der Waals surface area contributed by atoms with Gasteiger partial charge in [0.2, 0.25) is 5.91 Å². The number of benzene rings is 1. The molecule has 4 nitrogen and oxygen atoms in total. The lowest BCUT2D eigenvalue weighted by Gasteiger charge is -2.30. The van der Waals surface area contributed by atoms with Crippen LogP contribution in [0.2, 0.25) is 5.02 Å². The molecule has 2 heterocycles. The first kappa shape index (κ1) is 19.2. The van der Waals surface area contributed by atoms with Gasteiger partial charge in [0.1, 0.15) is 19.3 Å². The van der Waals surface area contributed by atoms with Crippen LogP contribution in [0.25, 0.3) is 6.08 Å². The molecule has 1 N–H and O–H groups in total. The van der Waals surface area contributed by atoms with Crippen LogP contribution in [0.1, 0.15) is 11.1 Å². The van der Waals surface area contributed by atoms with E-state index in [1.807, 2.05) is 23.1 Å². The van der Waals surface area contributed by atoms with Crippen molar-refractivity contribution in [2.24, 2.45) is 0 Å². The summed E-state index contributed by atoms with van der Waals surface area (Å²) in [6, 6.07) is 9.71. The van der Waals surface area contributed by atoms with Crippen molar-refractivity contribution in [3.63, 3.8) is 0 Å². The summed E-state index contributed by atoms with van der Waals surface area (Å²) in [6.07, 6.45) is -0.241. The topological polar surface area (TPSA) is 37.7 Å². The van der Waals surface area contributed by atoms with Crippen molar-refractivity contribution in [3.8, 4) is 0 Å². The van der Waals surface area contributed by atoms with Gasteiger partial charge in [0.15, 0.2) is 0 Å². The van der Waals surface area contributed by atoms with Crippen LogP contribution in [-0.4, -0.2) is 37.0 Å². The highest BCUT2D eigenvalue weighted by Gasteiger charge is 2.32. The molecule has 142 valence electrons. The summed E-state index contributed by atoms with van der Waals surface area (Å²) >= 11 is 6.06. The Bertz CT molecular complexity index is 829. The van der Waals surface area contributed by atoms with E-state index in [1.54, 1.807) is 17.0 Å². The number of amides is 1. The summed E-state index contributed by atoms with van der Waals surface area (Å²) in [7, 11) is 0. The number of halogens is 4. The van der Waals surface area contributed by atoms with E-state index < -0.39 is 11.7 Å². The first-order valence-electron chi connectivity index (χ1n) is 8.40. The summed E-state index contributed by atoms with van der Waals surface area (Å²) in [5.74, 6) is 0.479. The van der Waals surface area contributed by atoms with Gasteiger partial charge in [-0.15, -0.1) is 0 Å². The molecule has 1 amide bonds. The smallest absolute Gasteiger partial charge is 0.331 e. The van der Waals surface area contributed by atoms with Crippen LogP contribution in [0.4, 0.5) is 19.0 Å². The van der Waals surface area contributed by atoms with Crippen LogP contribution in [0.3, 0.4) is 0 Å². The fraction of sp³-hybridized carbons (Fsp3) is 0.263. The Labute approximate surface area is 159 Å². The van der Waals surface area contributed by atoms with Crippen molar-refractivity contribution in [1.82, 2.24) is 4.90 Å². The van der Waals surface area contributed by atoms with E-state index in [-0.39, 0.29) is 5.91 Å². The average Bonchev–Trinajstić information content (AvgIpc) is 2.67. The largest absolute Gasteiger partial charge is 0.419 e. The maximum atomic E-state index is 12.6. The third kappa shape index (κ3) is 4.80. The Kier molecular flexibility index (Phi) is 5.70. The van der Waals surface area contributed by atoms with Crippen molar-refractivity contribution in [2.75, 3.05) is 31.1 Å². The zero-order chi connectivity index (χ0) is 19.4. The van der Waals surface area contributed by atoms with Crippen molar-refractivity contribution >= 4 is 29.4 Å². The Morgan fingerprint density at radius 3 is 2.37 bits per heavy atom. The summed E-state index contributed by atoms with van der Waals surface area (Å²) in [5.41, 5.74) is 0.0512. The molecule has 2 aromatic rings. The number of H-pyrrole nitrogens is 1. The number of aromatic nitrogens is 1. The van der Waals surface area contributed by atoms with Gasteiger partial charge >= 0.3 is 6.18 Å². The standard InChI is InChI=1S/C19H17ClF3N3O/c20-16-4-2-1-3-14(16)5-8-18(27)26-11-9-25(10-12-26)17-7-6-15(13-24-17)19(21,22)23/h1-8,13H,9-12H2/p+1/b8-5+. The fourth-order valence-corrected chi connectivity index (χ4v) is 3.03. The molecular weight excluding hydrogens is 379 g/mol. The monoisotopic (exact) mass is 396 g/mol. The van der Waals surface area contributed by atoms with E-state index in [4.69, 9.17) is 11.6 Å². The van der Waals surface area contributed by atoms with Gasteiger partial charge < -0.3 is 4.90 Å². The van der Waals surface area contributed by atoms with E-state index in [1.165, 1.54) is 12.1 Å². The minimum absolute atomic E-state index is 0.119. The quantitative estimate of drug-likeness (QED) is 0.744. The Morgan fingerprint density at radius 2 is 1.78 bits per heavy atom. The number of alkyl halides is 3. The molecule has 0 aliphatic carbocycles. The van der Waals surface area contributed by atoms with Crippen molar-refractivity contribution in [3.05, 3.63) is 64.8 Å². The van der Waals surface area contributed by atoms with Crippen LogP contribution in [0.5, 0.6) is 0 Å². The molecule has 0 saturated carbocycles. The zero-order valence-corrected chi connectivity index (χ0v) is 15.1. The Hall–Kier alpha value is -2.54. The number of carbonyl (C=O) groups excluding carboxylic acids is 1. The fourth-order valence-electron chi connectivity index (χ4n) is 2.83. The molecule has 27 heavy (non-hydrogen) atoms. The van der Waals surface area contributed by atoms with Gasteiger partial charge in [0, 0.05) is 17.2 Å². The second-order valence-corrected chi connectivity index (χ2v) is 6.53. The number of pyridine rings is 1. The first-order valence-corrected chi connectivity index (χ1v) is 8.78. The molecule has 1 saturated heterocycles. The molecule has 0 atom stereocenters. The maximum Gasteiger partial charge on any atom is 0.419 e. The molecule has 0 radical (unpaired) electrons. The van der Waals surface area contributed by atoms with E-state index in [0.717, 1.165) is 17.8 Å². The second-order valence-electron chi connectivity index (χ2n) is 6.13. The highest BCUT2D eigenvalue weighted by atomic mass is 35.5. The van der Waals surface area contributed by atoms with E-state index >= 15 is 0 Å². The summed E-state index contributed by atoms with van der Waals surface area (Å²) in [4.78, 5) is 18.6. The van der Waals surface area contributed by atoms with Crippen LogP contribution < -0.4 is 9.88 Å².